The number of aryl methyl sites for hydroxylation is 2. The summed E-state index contributed by atoms with van der Waals surface area (Å²) in [6, 6.07) is 10.2. The molecule has 0 bridgehead atoms. The lowest BCUT2D eigenvalue weighted by molar-refractivity contribution is 0.564. The third-order valence-electron chi connectivity index (χ3n) is 3.25. The summed E-state index contributed by atoms with van der Waals surface area (Å²) >= 11 is 0. The second-order valence-electron chi connectivity index (χ2n) is 4.84. The van der Waals surface area contributed by atoms with Crippen molar-refractivity contribution in [1.29, 1.82) is 0 Å². The average molecular weight is 290 g/mol. The molecule has 0 aliphatic rings. The van der Waals surface area contributed by atoms with Crippen LogP contribution in [0.1, 0.15) is 29.8 Å². The highest BCUT2D eigenvalue weighted by Crippen LogP contribution is 2.17. The third kappa shape index (κ3) is 3.23. The molecule has 5 heteroatoms. The summed E-state index contributed by atoms with van der Waals surface area (Å²) in [4.78, 5) is 4.44. The van der Waals surface area contributed by atoms with Crippen LogP contribution in [0.3, 0.4) is 0 Å². The summed E-state index contributed by atoms with van der Waals surface area (Å²) in [7, 11) is -3.54. The highest BCUT2D eigenvalue weighted by Gasteiger charge is 2.19. The van der Waals surface area contributed by atoms with E-state index in [-0.39, 0.29) is 10.9 Å². The third-order valence-corrected chi connectivity index (χ3v) is 4.79. The van der Waals surface area contributed by atoms with Crippen molar-refractivity contribution in [2.24, 2.45) is 0 Å². The standard InChI is InChI=1S/C15H18N2O2S/c1-11-7-8-14(10-12(11)2)20(18,19)17-13(3)15-6-4-5-9-16-15/h4-10,13,17H,1-3H3. The van der Waals surface area contributed by atoms with Crippen LogP contribution >= 0.6 is 0 Å². The van der Waals surface area contributed by atoms with E-state index >= 15 is 0 Å². The summed E-state index contributed by atoms with van der Waals surface area (Å²) in [5, 5.41) is 0. The highest BCUT2D eigenvalue weighted by atomic mass is 32.2. The summed E-state index contributed by atoms with van der Waals surface area (Å²) in [6.45, 7) is 5.63. The van der Waals surface area contributed by atoms with Crippen molar-refractivity contribution >= 4 is 10.0 Å². The molecule has 2 rings (SSSR count). The summed E-state index contributed by atoms with van der Waals surface area (Å²) in [5.41, 5.74) is 2.72. The van der Waals surface area contributed by atoms with Crippen LogP contribution < -0.4 is 4.72 Å². The van der Waals surface area contributed by atoms with Crippen molar-refractivity contribution in [3.8, 4) is 0 Å². The molecule has 0 radical (unpaired) electrons. The van der Waals surface area contributed by atoms with E-state index in [2.05, 4.69) is 9.71 Å². The van der Waals surface area contributed by atoms with Crippen molar-refractivity contribution in [3.05, 3.63) is 59.4 Å². The number of aromatic nitrogens is 1. The van der Waals surface area contributed by atoms with Gasteiger partial charge in [0.05, 0.1) is 16.6 Å². The van der Waals surface area contributed by atoms with Crippen LogP contribution in [0.15, 0.2) is 47.5 Å². The number of hydrogen-bond acceptors (Lipinski definition) is 3. The fourth-order valence-corrected chi connectivity index (χ4v) is 3.18. The van der Waals surface area contributed by atoms with Crippen molar-refractivity contribution in [3.63, 3.8) is 0 Å². The topological polar surface area (TPSA) is 59.1 Å². The van der Waals surface area contributed by atoms with E-state index in [0.29, 0.717) is 5.69 Å². The maximum atomic E-state index is 12.3. The van der Waals surface area contributed by atoms with Gasteiger partial charge >= 0.3 is 0 Å². The van der Waals surface area contributed by atoms with E-state index in [1.165, 1.54) is 0 Å². The average Bonchev–Trinajstić information content (AvgIpc) is 2.42. The molecule has 4 nitrogen and oxygen atoms in total. The molecule has 1 unspecified atom stereocenters. The summed E-state index contributed by atoms with van der Waals surface area (Å²) in [6.07, 6.45) is 1.65. The smallest absolute Gasteiger partial charge is 0.241 e. The largest absolute Gasteiger partial charge is 0.260 e. The fourth-order valence-electron chi connectivity index (χ4n) is 1.87. The summed E-state index contributed by atoms with van der Waals surface area (Å²) in [5.74, 6) is 0. The molecule has 1 heterocycles. The van der Waals surface area contributed by atoms with Gasteiger partial charge in [0, 0.05) is 6.20 Å². The number of nitrogens with one attached hydrogen (secondary N) is 1. The van der Waals surface area contributed by atoms with Gasteiger partial charge in [-0.15, -0.1) is 0 Å². The van der Waals surface area contributed by atoms with E-state index in [1.807, 2.05) is 26.0 Å². The number of benzene rings is 1. The SMILES string of the molecule is Cc1ccc(S(=O)(=O)NC(C)c2ccccn2)cc1C. The molecule has 106 valence electrons. The molecule has 1 N–H and O–H groups in total. The number of rotatable bonds is 4. The second kappa shape index (κ2) is 5.73. The maximum Gasteiger partial charge on any atom is 0.241 e. The Kier molecular flexibility index (Phi) is 4.20. The van der Waals surface area contributed by atoms with Crippen LogP contribution in [0.2, 0.25) is 0 Å². The lowest BCUT2D eigenvalue weighted by Crippen LogP contribution is -2.27. The van der Waals surface area contributed by atoms with Crippen LogP contribution in [0, 0.1) is 13.8 Å². The van der Waals surface area contributed by atoms with E-state index in [1.54, 1.807) is 37.4 Å². The number of pyridine rings is 1. The van der Waals surface area contributed by atoms with Gasteiger partial charge in [-0.1, -0.05) is 12.1 Å². The van der Waals surface area contributed by atoms with Gasteiger partial charge in [-0.25, -0.2) is 13.1 Å². The Morgan fingerprint density at radius 2 is 1.85 bits per heavy atom. The van der Waals surface area contributed by atoms with E-state index in [9.17, 15) is 8.42 Å². The zero-order chi connectivity index (χ0) is 14.8. The maximum absolute atomic E-state index is 12.3. The van der Waals surface area contributed by atoms with Gasteiger partial charge in [0.15, 0.2) is 0 Å². The molecule has 20 heavy (non-hydrogen) atoms. The zero-order valence-corrected chi connectivity index (χ0v) is 12.6. The first kappa shape index (κ1) is 14.7. The molecular weight excluding hydrogens is 272 g/mol. The van der Waals surface area contributed by atoms with E-state index in [0.717, 1.165) is 11.1 Å². The van der Waals surface area contributed by atoms with E-state index < -0.39 is 10.0 Å². The molecule has 0 aliphatic heterocycles. The van der Waals surface area contributed by atoms with Crippen molar-refractivity contribution < 1.29 is 8.42 Å². The van der Waals surface area contributed by atoms with Gasteiger partial charge in [0.2, 0.25) is 10.0 Å². The number of hydrogen-bond donors (Lipinski definition) is 1. The Balaban J connectivity index is 2.25. The lowest BCUT2D eigenvalue weighted by atomic mass is 10.1. The quantitative estimate of drug-likeness (QED) is 0.942. The monoisotopic (exact) mass is 290 g/mol. The van der Waals surface area contributed by atoms with Crippen LogP contribution in [-0.2, 0) is 10.0 Å². The van der Waals surface area contributed by atoms with Crippen molar-refractivity contribution in [2.75, 3.05) is 0 Å². The zero-order valence-electron chi connectivity index (χ0n) is 11.8. The summed E-state index contributed by atoms with van der Waals surface area (Å²) < 4.78 is 27.3. The van der Waals surface area contributed by atoms with Crippen LogP contribution in [0.4, 0.5) is 0 Å². The Hall–Kier alpha value is -1.72. The number of nitrogens with zero attached hydrogens (tertiary/aromatic N) is 1. The van der Waals surface area contributed by atoms with Gasteiger partial charge in [-0.05, 0) is 56.2 Å². The molecule has 0 fully saturated rings. The van der Waals surface area contributed by atoms with Crippen molar-refractivity contribution in [1.82, 2.24) is 9.71 Å². The first-order valence-electron chi connectivity index (χ1n) is 6.40. The molecule has 1 aromatic heterocycles. The van der Waals surface area contributed by atoms with Gasteiger partial charge in [0.1, 0.15) is 0 Å². The molecule has 0 saturated carbocycles. The van der Waals surface area contributed by atoms with Crippen molar-refractivity contribution in [2.45, 2.75) is 31.7 Å². The van der Waals surface area contributed by atoms with E-state index in [4.69, 9.17) is 0 Å². The Labute approximate surface area is 119 Å². The molecule has 0 amide bonds. The van der Waals surface area contributed by atoms with Gasteiger partial charge in [-0.3, -0.25) is 4.98 Å². The molecule has 0 spiro atoms. The predicted molar refractivity (Wildman–Crippen MR) is 78.9 cm³/mol. The number of sulfonamides is 1. The molecule has 2 aromatic rings. The minimum Gasteiger partial charge on any atom is -0.260 e. The predicted octanol–water partition coefficient (Wildman–Crippen LogP) is 2.74. The highest BCUT2D eigenvalue weighted by molar-refractivity contribution is 7.89. The Morgan fingerprint density at radius 1 is 1.10 bits per heavy atom. The van der Waals surface area contributed by atoms with Gasteiger partial charge in [0.25, 0.3) is 0 Å². The second-order valence-corrected chi connectivity index (χ2v) is 6.56. The minimum atomic E-state index is -3.54. The molecule has 0 aliphatic carbocycles. The molecule has 1 atom stereocenters. The first-order chi connectivity index (χ1) is 9.40. The van der Waals surface area contributed by atoms with Crippen LogP contribution in [0.5, 0.6) is 0 Å². The van der Waals surface area contributed by atoms with Crippen LogP contribution in [0.25, 0.3) is 0 Å². The first-order valence-corrected chi connectivity index (χ1v) is 7.89. The molecule has 0 saturated heterocycles. The van der Waals surface area contributed by atoms with Gasteiger partial charge in [-0.2, -0.15) is 0 Å². The minimum absolute atomic E-state index is 0.281. The van der Waals surface area contributed by atoms with Gasteiger partial charge < -0.3 is 0 Å². The Bertz CT molecular complexity index is 697. The Morgan fingerprint density at radius 3 is 2.45 bits per heavy atom. The lowest BCUT2D eigenvalue weighted by Gasteiger charge is -2.14. The molecule has 1 aromatic carbocycles. The normalized spacial score (nSPS) is 13.2. The fraction of sp³-hybridized carbons (Fsp3) is 0.267. The molecular formula is C15H18N2O2S. The van der Waals surface area contributed by atoms with Crippen LogP contribution in [-0.4, -0.2) is 13.4 Å².